The quantitative estimate of drug-likeness (QED) is 0.552. The maximum absolute atomic E-state index is 11.8. The fourth-order valence-corrected chi connectivity index (χ4v) is 3.39. The molecular formula is C18H30ClN3O4S. The number of ether oxygens (including phenoxy) is 1. The van der Waals surface area contributed by atoms with Gasteiger partial charge in [0.05, 0.1) is 11.5 Å². The number of nitrogens with one attached hydrogen (secondary N) is 2. The summed E-state index contributed by atoms with van der Waals surface area (Å²) in [5.41, 5.74) is 0. The third-order valence-corrected chi connectivity index (χ3v) is 5.38. The van der Waals surface area contributed by atoms with E-state index in [1.807, 2.05) is 0 Å². The molecule has 27 heavy (non-hydrogen) atoms. The molecule has 1 aliphatic heterocycles. The van der Waals surface area contributed by atoms with E-state index < -0.39 is 9.84 Å². The van der Waals surface area contributed by atoms with Crippen LogP contribution in [0.5, 0.6) is 5.75 Å². The van der Waals surface area contributed by atoms with Gasteiger partial charge >= 0.3 is 0 Å². The van der Waals surface area contributed by atoms with Gasteiger partial charge in [-0.3, -0.25) is 4.79 Å². The van der Waals surface area contributed by atoms with Crippen LogP contribution in [0.25, 0.3) is 0 Å². The molecule has 0 radical (unpaired) electrons. The van der Waals surface area contributed by atoms with Gasteiger partial charge in [0.1, 0.15) is 5.75 Å². The predicted molar refractivity (Wildman–Crippen MR) is 108 cm³/mol. The first-order valence-electron chi connectivity index (χ1n) is 9.08. The van der Waals surface area contributed by atoms with Crippen molar-refractivity contribution in [3.8, 4) is 5.75 Å². The molecule has 1 heterocycles. The van der Waals surface area contributed by atoms with Crippen LogP contribution in [0.15, 0.2) is 29.2 Å². The number of hydrogen-bond donors (Lipinski definition) is 2. The summed E-state index contributed by atoms with van der Waals surface area (Å²) in [6, 6.07) is 6.31. The van der Waals surface area contributed by atoms with Gasteiger partial charge in [0.2, 0.25) is 5.91 Å². The van der Waals surface area contributed by atoms with Crippen molar-refractivity contribution in [1.82, 2.24) is 15.5 Å². The van der Waals surface area contributed by atoms with E-state index in [9.17, 15) is 13.2 Å². The average Bonchev–Trinajstić information content (AvgIpc) is 2.63. The molecule has 0 atom stereocenters. The van der Waals surface area contributed by atoms with Crippen LogP contribution in [0.4, 0.5) is 0 Å². The van der Waals surface area contributed by atoms with Gasteiger partial charge in [-0.1, -0.05) is 0 Å². The fraction of sp³-hybridized carbons (Fsp3) is 0.611. The normalized spacial score (nSPS) is 15.0. The first-order valence-corrected chi connectivity index (χ1v) is 11.0. The van der Waals surface area contributed by atoms with Crippen LogP contribution in [0.2, 0.25) is 0 Å². The molecule has 1 fully saturated rings. The number of rotatable bonds is 10. The minimum atomic E-state index is -3.19. The number of amides is 1. The molecule has 1 aromatic carbocycles. The van der Waals surface area contributed by atoms with Crippen molar-refractivity contribution in [2.24, 2.45) is 0 Å². The second-order valence-electron chi connectivity index (χ2n) is 6.49. The van der Waals surface area contributed by atoms with Crippen molar-refractivity contribution < 1.29 is 17.9 Å². The zero-order valence-corrected chi connectivity index (χ0v) is 17.4. The van der Waals surface area contributed by atoms with Crippen molar-refractivity contribution in [1.29, 1.82) is 0 Å². The standard InChI is InChI=1S/C18H29N3O4S.ClH/c1-26(23,24)17-7-5-16(6-8-17)25-15-2-4-18(22)20-9-3-12-21-13-10-19-11-14-21;/h5-8,19H,2-4,9-15H2,1H3,(H,20,22);1H. The van der Waals surface area contributed by atoms with E-state index in [4.69, 9.17) is 4.74 Å². The number of carbonyl (C=O) groups excluding carboxylic acids is 1. The Kier molecular flexibility index (Phi) is 10.7. The van der Waals surface area contributed by atoms with Crippen molar-refractivity contribution >= 4 is 28.2 Å². The SMILES string of the molecule is CS(=O)(=O)c1ccc(OCCCC(=O)NCCCN2CCNCC2)cc1.Cl. The summed E-state index contributed by atoms with van der Waals surface area (Å²) in [5, 5.41) is 6.26. The molecule has 0 aromatic heterocycles. The lowest BCUT2D eigenvalue weighted by atomic mass is 10.3. The maximum atomic E-state index is 11.8. The Morgan fingerprint density at radius 1 is 1.19 bits per heavy atom. The molecule has 0 saturated carbocycles. The van der Waals surface area contributed by atoms with E-state index in [0.29, 0.717) is 31.7 Å². The van der Waals surface area contributed by atoms with Crippen molar-refractivity contribution in [3.05, 3.63) is 24.3 Å². The van der Waals surface area contributed by atoms with E-state index in [2.05, 4.69) is 15.5 Å². The molecule has 1 amide bonds. The fourth-order valence-electron chi connectivity index (χ4n) is 2.76. The molecule has 0 spiro atoms. The lowest BCUT2D eigenvalue weighted by Crippen LogP contribution is -2.44. The second-order valence-corrected chi connectivity index (χ2v) is 8.51. The van der Waals surface area contributed by atoms with Crippen LogP contribution in [0.1, 0.15) is 19.3 Å². The minimum absolute atomic E-state index is 0. The number of sulfone groups is 1. The summed E-state index contributed by atoms with van der Waals surface area (Å²) >= 11 is 0. The molecule has 2 rings (SSSR count). The van der Waals surface area contributed by atoms with Gasteiger partial charge < -0.3 is 20.3 Å². The van der Waals surface area contributed by atoms with Gasteiger partial charge in [-0.2, -0.15) is 0 Å². The van der Waals surface area contributed by atoms with Crippen LogP contribution in [0.3, 0.4) is 0 Å². The molecule has 7 nitrogen and oxygen atoms in total. The maximum Gasteiger partial charge on any atom is 0.220 e. The van der Waals surface area contributed by atoms with Gasteiger partial charge in [-0.25, -0.2) is 8.42 Å². The Hall–Kier alpha value is -1.35. The number of nitrogens with zero attached hydrogens (tertiary/aromatic N) is 1. The third kappa shape index (κ3) is 9.41. The Balaban J connectivity index is 0.00000364. The second kappa shape index (κ2) is 12.2. The number of piperazine rings is 1. The monoisotopic (exact) mass is 419 g/mol. The lowest BCUT2D eigenvalue weighted by molar-refractivity contribution is -0.121. The number of carbonyl (C=O) groups is 1. The molecule has 0 aliphatic carbocycles. The van der Waals surface area contributed by atoms with E-state index >= 15 is 0 Å². The molecule has 0 bridgehead atoms. The minimum Gasteiger partial charge on any atom is -0.494 e. The summed E-state index contributed by atoms with van der Waals surface area (Å²) in [6.45, 7) is 6.40. The van der Waals surface area contributed by atoms with Crippen LogP contribution < -0.4 is 15.4 Å². The Labute approximate surface area is 168 Å². The first kappa shape index (κ1) is 23.7. The van der Waals surface area contributed by atoms with E-state index in [0.717, 1.165) is 39.1 Å². The molecule has 2 N–H and O–H groups in total. The molecule has 1 aliphatic rings. The highest BCUT2D eigenvalue weighted by Gasteiger charge is 2.09. The van der Waals surface area contributed by atoms with Crippen molar-refractivity contribution in [2.45, 2.75) is 24.2 Å². The van der Waals surface area contributed by atoms with Gasteiger partial charge in [-0.05, 0) is 43.7 Å². The number of benzene rings is 1. The Morgan fingerprint density at radius 3 is 2.48 bits per heavy atom. The largest absolute Gasteiger partial charge is 0.494 e. The summed E-state index contributed by atoms with van der Waals surface area (Å²) < 4.78 is 28.3. The van der Waals surface area contributed by atoms with Gasteiger partial charge in [0.25, 0.3) is 0 Å². The third-order valence-electron chi connectivity index (χ3n) is 4.25. The van der Waals surface area contributed by atoms with Crippen molar-refractivity contribution in [2.75, 3.05) is 52.1 Å². The number of hydrogen-bond acceptors (Lipinski definition) is 6. The van der Waals surface area contributed by atoms with E-state index in [-0.39, 0.29) is 23.2 Å². The summed E-state index contributed by atoms with van der Waals surface area (Å²) in [5.74, 6) is 0.648. The van der Waals surface area contributed by atoms with Crippen LogP contribution in [0, 0.1) is 0 Å². The molecule has 1 saturated heterocycles. The molecule has 9 heteroatoms. The Morgan fingerprint density at radius 2 is 1.85 bits per heavy atom. The highest BCUT2D eigenvalue weighted by atomic mass is 35.5. The van der Waals surface area contributed by atoms with E-state index in [1.54, 1.807) is 12.1 Å². The molecule has 0 unspecified atom stereocenters. The lowest BCUT2D eigenvalue weighted by Gasteiger charge is -2.27. The number of halogens is 1. The molecule has 1 aromatic rings. The summed E-state index contributed by atoms with van der Waals surface area (Å²) in [4.78, 5) is 14.5. The molecular weight excluding hydrogens is 390 g/mol. The van der Waals surface area contributed by atoms with Gasteiger partial charge in [-0.15, -0.1) is 12.4 Å². The van der Waals surface area contributed by atoms with Gasteiger partial charge in [0, 0.05) is 45.4 Å². The molecule has 154 valence electrons. The summed E-state index contributed by atoms with van der Waals surface area (Å²) in [7, 11) is -3.19. The van der Waals surface area contributed by atoms with Crippen LogP contribution >= 0.6 is 12.4 Å². The van der Waals surface area contributed by atoms with Crippen molar-refractivity contribution in [3.63, 3.8) is 0 Å². The highest BCUT2D eigenvalue weighted by Crippen LogP contribution is 2.16. The van der Waals surface area contributed by atoms with Gasteiger partial charge in [0.15, 0.2) is 9.84 Å². The van der Waals surface area contributed by atoms with E-state index in [1.165, 1.54) is 18.4 Å². The smallest absolute Gasteiger partial charge is 0.220 e. The predicted octanol–water partition coefficient (Wildman–Crippen LogP) is 1.08. The average molecular weight is 420 g/mol. The topological polar surface area (TPSA) is 87.7 Å². The van der Waals surface area contributed by atoms with Crippen LogP contribution in [-0.4, -0.2) is 71.4 Å². The zero-order valence-electron chi connectivity index (χ0n) is 15.8. The Bertz CT molecular complexity index is 662. The van der Waals surface area contributed by atoms with Crippen LogP contribution in [-0.2, 0) is 14.6 Å². The summed E-state index contributed by atoms with van der Waals surface area (Å²) in [6.07, 6.45) is 3.19. The first-order chi connectivity index (χ1) is 12.4. The zero-order chi connectivity index (χ0) is 18.8. The highest BCUT2D eigenvalue weighted by molar-refractivity contribution is 7.90.